The van der Waals surface area contributed by atoms with Crippen LogP contribution in [-0.4, -0.2) is 0 Å². The predicted molar refractivity (Wildman–Crippen MR) is 64.3 cm³/mol. The highest BCUT2D eigenvalue weighted by Gasteiger charge is 2.02. The SMILES string of the molecule is CC(N)c1ccc2c(Br)cccc2c1. The first-order valence-corrected chi connectivity index (χ1v) is 5.41. The number of hydrogen-bond acceptors (Lipinski definition) is 1. The molecule has 72 valence electrons. The van der Waals surface area contributed by atoms with Gasteiger partial charge in [-0.05, 0) is 35.4 Å². The molecule has 0 radical (unpaired) electrons. The first kappa shape index (κ1) is 9.69. The molecule has 0 aliphatic rings. The van der Waals surface area contributed by atoms with E-state index in [-0.39, 0.29) is 6.04 Å². The molecule has 0 spiro atoms. The Hall–Kier alpha value is -0.860. The molecule has 0 heterocycles. The predicted octanol–water partition coefficient (Wildman–Crippen LogP) is 3.62. The highest BCUT2D eigenvalue weighted by molar-refractivity contribution is 9.10. The van der Waals surface area contributed by atoms with Crippen molar-refractivity contribution in [1.29, 1.82) is 0 Å². The van der Waals surface area contributed by atoms with Crippen molar-refractivity contribution in [3.63, 3.8) is 0 Å². The summed E-state index contributed by atoms with van der Waals surface area (Å²) < 4.78 is 1.13. The molecule has 2 rings (SSSR count). The molecule has 0 aliphatic carbocycles. The van der Waals surface area contributed by atoms with Crippen molar-refractivity contribution in [2.24, 2.45) is 5.73 Å². The van der Waals surface area contributed by atoms with E-state index in [9.17, 15) is 0 Å². The Labute approximate surface area is 92.1 Å². The van der Waals surface area contributed by atoms with Crippen molar-refractivity contribution >= 4 is 26.7 Å². The van der Waals surface area contributed by atoms with Crippen LogP contribution < -0.4 is 5.73 Å². The summed E-state index contributed by atoms with van der Waals surface area (Å²) >= 11 is 3.53. The lowest BCUT2D eigenvalue weighted by atomic mass is 10.0. The Morgan fingerprint density at radius 2 is 2.00 bits per heavy atom. The topological polar surface area (TPSA) is 26.0 Å². The smallest absolute Gasteiger partial charge is 0.0266 e. The fourth-order valence-corrected chi connectivity index (χ4v) is 2.06. The van der Waals surface area contributed by atoms with Gasteiger partial charge in [0, 0.05) is 10.5 Å². The largest absolute Gasteiger partial charge is 0.324 e. The van der Waals surface area contributed by atoms with E-state index in [1.54, 1.807) is 0 Å². The molecular weight excluding hydrogens is 238 g/mol. The lowest BCUT2D eigenvalue weighted by Gasteiger charge is -2.07. The first-order chi connectivity index (χ1) is 6.68. The van der Waals surface area contributed by atoms with Gasteiger partial charge < -0.3 is 5.73 Å². The van der Waals surface area contributed by atoms with Crippen molar-refractivity contribution in [3.05, 3.63) is 46.4 Å². The minimum Gasteiger partial charge on any atom is -0.324 e. The summed E-state index contributed by atoms with van der Waals surface area (Å²) in [6, 6.07) is 12.6. The van der Waals surface area contributed by atoms with Crippen LogP contribution >= 0.6 is 15.9 Å². The van der Waals surface area contributed by atoms with Gasteiger partial charge >= 0.3 is 0 Å². The van der Waals surface area contributed by atoms with E-state index in [0.29, 0.717) is 0 Å². The van der Waals surface area contributed by atoms with Gasteiger partial charge in [0.15, 0.2) is 0 Å². The van der Waals surface area contributed by atoms with Gasteiger partial charge in [0.2, 0.25) is 0 Å². The lowest BCUT2D eigenvalue weighted by molar-refractivity contribution is 0.820. The number of halogens is 1. The summed E-state index contributed by atoms with van der Waals surface area (Å²) in [5.41, 5.74) is 7.01. The monoisotopic (exact) mass is 249 g/mol. The number of hydrogen-bond donors (Lipinski definition) is 1. The second-order valence-corrected chi connectivity index (χ2v) is 4.36. The zero-order chi connectivity index (χ0) is 10.1. The van der Waals surface area contributed by atoms with E-state index in [1.165, 1.54) is 16.3 Å². The van der Waals surface area contributed by atoms with Crippen LogP contribution in [0.15, 0.2) is 40.9 Å². The highest BCUT2D eigenvalue weighted by Crippen LogP contribution is 2.25. The molecule has 0 saturated heterocycles. The molecular formula is C12H12BrN. The number of fused-ring (bicyclic) bond motifs is 1. The maximum Gasteiger partial charge on any atom is 0.0266 e. The second-order valence-electron chi connectivity index (χ2n) is 3.51. The van der Waals surface area contributed by atoms with Crippen LogP contribution in [0.5, 0.6) is 0 Å². The zero-order valence-corrected chi connectivity index (χ0v) is 9.58. The molecule has 1 atom stereocenters. The second kappa shape index (κ2) is 3.71. The number of nitrogens with two attached hydrogens (primary N) is 1. The molecule has 2 aromatic rings. The fourth-order valence-electron chi connectivity index (χ4n) is 1.55. The average molecular weight is 250 g/mol. The van der Waals surface area contributed by atoms with Crippen molar-refractivity contribution < 1.29 is 0 Å². The number of benzene rings is 2. The standard InChI is InChI=1S/C12H12BrN/c1-8(14)9-5-6-11-10(7-9)3-2-4-12(11)13/h2-8H,14H2,1H3. The molecule has 14 heavy (non-hydrogen) atoms. The molecule has 2 heteroatoms. The minimum atomic E-state index is 0.0957. The van der Waals surface area contributed by atoms with Gasteiger partial charge in [0.25, 0.3) is 0 Å². The minimum absolute atomic E-state index is 0.0957. The van der Waals surface area contributed by atoms with Crippen LogP contribution in [0, 0.1) is 0 Å². The number of rotatable bonds is 1. The van der Waals surface area contributed by atoms with Gasteiger partial charge in [-0.1, -0.05) is 40.2 Å². The van der Waals surface area contributed by atoms with Crippen LogP contribution in [0.3, 0.4) is 0 Å². The van der Waals surface area contributed by atoms with Crippen molar-refractivity contribution in [1.82, 2.24) is 0 Å². The van der Waals surface area contributed by atoms with Crippen LogP contribution in [0.4, 0.5) is 0 Å². The van der Waals surface area contributed by atoms with Gasteiger partial charge in [-0.3, -0.25) is 0 Å². The van der Waals surface area contributed by atoms with E-state index < -0.39 is 0 Å². The Kier molecular flexibility index (Phi) is 2.57. The van der Waals surface area contributed by atoms with Crippen molar-refractivity contribution in [2.45, 2.75) is 13.0 Å². The van der Waals surface area contributed by atoms with E-state index in [2.05, 4.69) is 40.2 Å². The van der Waals surface area contributed by atoms with Gasteiger partial charge in [-0.15, -0.1) is 0 Å². The average Bonchev–Trinajstić information content (AvgIpc) is 2.17. The maximum absolute atomic E-state index is 5.83. The van der Waals surface area contributed by atoms with Gasteiger partial charge in [-0.25, -0.2) is 0 Å². The van der Waals surface area contributed by atoms with Crippen molar-refractivity contribution in [3.8, 4) is 0 Å². The summed E-state index contributed by atoms with van der Waals surface area (Å²) in [7, 11) is 0. The zero-order valence-electron chi connectivity index (χ0n) is 8.00. The Morgan fingerprint density at radius 3 is 2.71 bits per heavy atom. The third kappa shape index (κ3) is 1.68. The molecule has 1 nitrogen and oxygen atoms in total. The van der Waals surface area contributed by atoms with E-state index in [4.69, 9.17) is 5.73 Å². The fraction of sp³-hybridized carbons (Fsp3) is 0.167. The molecule has 0 aromatic heterocycles. The lowest BCUT2D eigenvalue weighted by Crippen LogP contribution is -2.04. The van der Waals surface area contributed by atoms with Gasteiger partial charge in [0.1, 0.15) is 0 Å². The third-order valence-electron chi connectivity index (χ3n) is 2.38. The molecule has 0 aliphatic heterocycles. The summed E-state index contributed by atoms with van der Waals surface area (Å²) in [6.07, 6.45) is 0. The molecule has 0 saturated carbocycles. The summed E-state index contributed by atoms with van der Waals surface area (Å²) in [5, 5.41) is 2.46. The Bertz CT molecular complexity index is 463. The summed E-state index contributed by atoms with van der Waals surface area (Å²) in [6.45, 7) is 2.00. The summed E-state index contributed by atoms with van der Waals surface area (Å²) in [4.78, 5) is 0. The first-order valence-electron chi connectivity index (χ1n) is 4.62. The van der Waals surface area contributed by atoms with Crippen LogP contribution in [0.25, 0.3) is 10.8 Å². The van der Waals surface area contributed by atoms with E-state index in [1.807, 2.05) is 19.1 Å². The Balaban J connectivity index is 2.67. The summed E-state index contributed by atoms with van der Waals surface area (Å²) in [5.74, 6) is 0. The maximum atomic E-state index is 5.83. The molecule has 2 aromatic carbocycles. The molecule has 0 fully saturated rings. The van der Waals surface area contributed by atoms with E-state index in [0.717, 1.165) is 4.47 Å². The van der Waals surface area contributed by atoms with Gasteiger partial charge in [-0.2, -0.15) is 0 Å². The van der Waals surface area contributed by atoms with Crippen LogP contribution in [0.2, 0.25) is 0 Å². The highest BCUT2D eigenvalue weighted by atomic mass is 79.9. The van der Waals surface area contributed by atoms with E-state index >= 15 is 0 Å². The van der Waals surface area contributed by atoms with Crippen LogP contribution in [0.1, 0.15) is 18.5 Å². The third-order valence-corrected chi connectivity index (χ3v) is 3.07. The Morgan fingerprint density at radius 1 is 1.21 bits per heavy atom. The van der Waals surface area contributed by atoms with Crippen LogP contribution in [-0.2, 0) is 0 Å². The molecule has 0 amide bonds. The molecule has 1 unspecified atom stereocenters. The quantitative estimate of drug-likeness (QED) is 0.821. The van der Waals surface area contributed by atoms with Gasteiger partial charge in [0.05, 0.1) is 0 Å². The molecule has 2 N–H and O–H groups in total. The molecule has 0 bridgehead atoms. The van der Waals surface area contributed by atoms with Crippen molar-refractivity contribution in [2.75, 3.05) is 0 Å². The normalized spacial score (nSPS) is 13.1.